The lowest BCUT2D eigenvalue weighted by Gasteiger charge is -2.08. The summed E-state index contributed by atoms with van der Waals surface area (Å²) in [5.74, 6) is 1.52. The Morgan fingerprint density at radius 3 is 2.95 bits per heavy atom. The molecule has 0 unspecified atom stereocenters. The van der Waals surface area contributed by atoms with Crippen molar-refractivity contribution in [3.05, 3.63) is 36.5 Å². The van der Waals surface area contributed by atoms with Crippen LogP contribution in [0.3, 0.4) is 0 Å². The predicted molar refractivity (Wildman–Crippen MR) is 73.1 cm³/mol. The fourth-order valence-electron chi connectivity index (χ4n) is 1.90. The van der Waals surface area contributed by atoms with E-state index >= 15 is 0 Å². The van der Waals surface area contributed by atoms with Gasteiger partial charge < -0.3 is 15.0 Å². The standard InChI is InChI=1S/C12H15N7/c1-13-10-8-19-6-4-14-12(19)11(16-10)15-7-9-3-5-18(2)17-9/h3-6,8,13H,7H2,1-2H3,(H,15,16). The summed E-state index contributed by atoms with van der Waals surface area (Å²) < 4.78 is 3.71. The molecule has 98 valence electrons. The highest BCUT2D eigenvalue weighted by molar-refractivity contribution is 5.65. The number of hydrogen-bond donors (Lipinski definition) is 2. The van der Waals surface area contributed by atoms with Crippen molar-refractivity contribution in [2.24, 2.45) is 7.05 Å². The van der Waals surface area contributed by atoms with Gasteiger partial charge in [0.1, 0.15) is 5.82 Å². The lowest BCUT2D eigenvalue weighted by molar-refractivity contribution is 0.747. The lowest BCUT2D eigenvalue weighted by Crippen LogP contribution is -2.06. The third-order valence-corrected chi connectivity index (χ3v) is 2.84. The number of hydrogen-bond acceptors (Lipinski definition) is 5. The van der Waals surface area contributed by atoms with Crippen LogP contribution in [-0.4, -0.2) is 31.2 Å². The van der Waals surface area contributed by atoms with Crippen LogP contribution < -0.4 is 10.6 Å². The molecule has 2 N–H and O–H groups in total. The second-order valence-corrected chi connectivity index (χ2v) is 4.22. The van der Waals surface area contributed by atoms with E-state index in [0.29, 0.717) is 6.54 Å². The molecule has 0 radical (unpaired) electrons. The fourth-order valence-corrected chi connectivity index (χ4v) is 1.90. The number of aromatic nitrogens is 5. The Bertz CT molecular complexity index is 697. The van der Waals surface area contributed by atoms with Crippen LogP contribution in [0.4, 0.5) is 11.6 Å². The first-order chi connectivity index (χ1) is 9.26. The van der Waals surface area contributed by atoms with Gasteiger partial charge in [-0.3, -0.25) is 4.68 Å². The van der Waals surface area contributed by atoms with Crippen molar-refractivity contribution < 1.29 is 0 Å². The Kier molecular flexibility index (Phi) is 2.79. The largest absolute Gasteiger partial charge is 0.372 e. The second-order valence-electron chi connectivity index (χ2n) is 4.22. The summed E-state index contributed by atoms with van der Waals surface area (Å²) >= 11 is 0. The van der Waals surface area contributed by atoms with Crippen molar-refractivity contribution in [1.29, 1.82) is 0 Å². The molecule has 0 aliphatic heterocycles. The van der Waals surface area contributed by atoms with E-state index in [-0.39, 0.29) is 0 Å². The van der Waals surface area contributed by atoms with E-state index < -0.39 is 0 Å². The van der Waals surface area contributed by atoms with Gasteiger partial charge in [0.2, 0.25) is 0 Å². The highest BCUT2D eigenvalue weighted by Crippen LogP contribution is 2.16. The number of anilines is 2. The number of rotatable bonds is 4. The normalized spacial score (nSPS) is 10.8. The Morgan fingerprint density at radius 1 is 1.32 bits per heavy atom. The van der Waals surface area contributed by atoms with Crippen molar-refractivity contribution in [3.63, 3.8) is 0 Å². The van der Waals surface area contributed by atoms with Gasteiger partial charge in [-0.15, -0.1) is 0 Å². The molecule has 3 aromatic heterocycles. The van der Waals surface area contributed by atoms with Crippen LogP contribution in [0.15, 0.2) is 30.9 Å². The van der Waals surface area contributed by atoms with E-state index in [0.717, 1.165) is 23.0 Å². The molecule has 3 heterocycles. The molecule has 3 rings (SSSR count). The second kappa shape index (κ2) is 4.60. The van der Waals surface area contributed by atoms with E-state index in [2.05, 4.69) is 25.7 Å². The number of fused-ring (bicyclic) bond motifs is 1. The maximum atomic E-state index is 4.47. The zero-order valence-corrected chi connectivity index (χ0v) is 10.8. The Hall–Kier alpha value is -2.57. The first kappa shape index (κ1) is 11.5. The molecular formula is C12H15N7. The molecule has 0 atom stereocenters. The molecule has 0 aliphatic carbocycles. The number of nitrogens with zero attached hydrogens (tertiary/aromatic N) is 5. The summed E-state index contributed by atoms with van der Waals surface area (Å²) in [7, 11) is 3.74. The van der Waals surface area contributed by atoms with Gasteiger partial charge in [-0.2, -0.15) is 5.10 Å². The van der Waals surface area contributed by atoms with Crippen LogP contribution >= 0.6 is 0 Å². The zero-order valence-electron chi connectivity index (χ0n) is 10.8. The van der Waals surface area contributed by atoms with Crippen molar-refractivity contribution in [1.82, 2.24) is 24.1 Å². The highest BCUT2D eigenvalue weighted by atomic mass is 15.3. The summed E-state index contributed by atoms with van der Waals surface area (Å²) in [4.78, 5) is 8.77. The summed E-state index contributed by atoms with van der Waals surface area (Å²) in [5.41, 5.74) is 1.76. The summed E-state index contributed by atoms with van der Waals surface area (Å²) in [5, 5.41) is 10.6. The Balaban J connectivity index is 1.88. The zero-order chi connectivity index (χ0) is 13.2. The van der Waals surface area contributed by atoms with E-state index in [4.69, 9.17) is 0 Å². The number of imidazole rings is 1. The van der Waals surface area contributed by atoms with Crippen LogP contribution in [0.25, 0.3) is 5.65 Å². The SMILES string of the molecule is CNc1cn2ccnc2c(NCc2ccn(C)n2)n1. The molecule has 0 bridgehead atoms. The van der Waals surface area contributed by atoms with Gasteiger partial charge in [0.25, 0.3) is 0 Å². The minimum absolute atomic E-state index is 0.615. The van der Waals surface area contributed by atoms with Gasteiger partial charge in [-0.05, 0) is 6.07 Å². The third-order valence-electron chi connectivity index (χ3n) is 2.84. The molecule has 0 saturated heterocycles. The molecule has 0 spiro atoms. The summed E-state index contributed by atoms with van der Waals surface area (Å²) in [6.07, 6.45) is 7.46. The van der Waals surface area contributed by atoms with Gasteiger partial charge in [0.15, 0.2) is 11.5 Å². The monoisotopic (exact) mass is 257 g/mol. The van der Waals surface area contributed by atoms with E-state index in [9.17, 15) is 0 Å². The molecule has 0 saturated carbocycles. The Labute approximate surface area is 110 Å². The average molecular weight is 257 g/mol. The minimum atomic E-state index is 0.615. The van der Waals surface area contributed by atoms with Gasteiger partial charge >= 0.3 is 0 Å². The van der Waals surface area contributed by atoms with Crippen molar-refractivity contribution in [2.45, 2.75) is 6.54 Å². The van der Waals surface area contributed by atoms with Crippen LogP contribution in [0.2, 0.25) is 0 Å². The fraction of sp³-hybridized carbons (Fsp3) is 0.250. The summed E-state index contributed by atoms with van der Waals surface area (Å²) in [6.45, 7) is 0.615. The molecule has 0 amide bonds. The van der Waals surface area contributed by atoms with Gasteiger partial charge in [-0.1, -0.05) is 0 Å². The average Bonchev–Trinajstić information content (AvgIpc) is 3.04. The predicted octanol–water partition coefficient (Wildman–Crippen LogP) is 1.12. The van der Waals surface area contributed by atoms with E-state index in [1.807, 2.05) is 43.2 Å². The van der Waals surface area contributed by atoms with Gasteiger partial charge in [0.05, 0.1) is 18.4 Å². The van der Waals surface area contributed by atoms with Crippen LogP contribution in [-0.2, 0) is 13.6 Å². The maximum absolute atomic E-state index is 4.47. The van der Waals surface area contributed by atoms with Gasteiger partial charge in [0, 0.05) is 32.7 Å². The maximum Gasteiger partial charge on any atom is 0.180 e. The quantitative estimate of drug-likeness (QED) is 0.732. The molecule has 0 aromatic carbocycles. The first-order valence-corrected chi connectivity index (χ1v) is 6.00. The highest BCUT2D eigenvalue weighted by Gasteiger charge is 2.07. The van der Waals surface area contributed by atoms with E-state index in [1.54, 1.807) is 10.9 Å². The molecule has 7 heteroatoms. The molecule has 7 nitrogen and oxygen atoms in total. The minimum Gasteiger partial charge on any atom is -0.372 e. The number of nitrogens with one attached hydrogen (secondary N) is 2. The van der Waals surface area contributed by atoms with Crippen LogP contribution in [0.1, 0.15) is 5.69 Å². The smallest absolute Gasteiger partial charge is 0.180 e. The third kappa shape index (κ3) is 2.22. The molecule has 3 aromatic rings. The van der Waals surface area contributed by atoms with Crippen LogP contribution in [0, 0.1) is 0 Å². The molecule has 0 fully saturated rings. The number of aryl methyl sites for hydroxylation is 1. The van der Waals surface area contributed by atoms with Crippen molar-refractivity contribution in [3.8, 4) is 0 Å². The van der Waals surface area contributed by atoms with Crippen LogP contribution in [0.5, 0.6) is 0 Å². The Morgan fingerprint density at radius 2 is 2.21 bits per heavy atom. The lowest BCUT2D eigenvalue weighted by atomic mass is 10.4. The molecular weight excluding hydrogens is 242 g/mol. The van der Waals surface area contributed by atoms with Crippen molar-refractivity contribution in [2.75, 3.05) is 17.7 Å². The van der Waals surface area contributed by atoms with Crippen molar-refractivity contribution >= 4 is 17.3 Å². The topological polar surface area (TPSA) is 72.1 Å². The van der Waals surface area contributed by atoms with E-state index in [1.165, 1.54) is 0 Å². The van der Waals surface area contributed by atoms with Gasteiger partial charge in [-0.25, -0.2) is 9.97 Å². The molecule has 19 heavy (non-hydrogen) atoms. The first-order valence-electron chi connectivity index (χ1n) is 6.00. The molecule has 0 aliphatic rings. The summed E-state index contributed by atoms with van der Waals surface area (Å²) in [6, 6.07) is 1.97.